The average Bonchev–Trinajstić information content (AvgIpc) is 2.27. The first-order chi connectivity index (χ1) is 7.74. The molecule has 1 unspecified atom stereocenters. The van der Waals surface area contributed by atoms with E-state index >= 15 is 0 Å². The number of hydrogen-bond acceptors (Lipinski definition) is 3. The van der Waals surface area contributed by atoms with Crippen molar-refractivity contribution < 1.29 is 9.47 Å². The van der Waals surface area contributed by atoms with E-state index in [1.165, 1.54) is 0 Å². The van der Waals surface area contributed by atoms with Gasteiger partial charge in [0.1, 0.15) is 12.4 Å². The first-order valence-corrected chi connectivity index (χ1v) is 5.89. The molecule has 1 fully saturated rings. The predicted octanol–water partition coefficient (Wildman–Crippen LogP) is 2.36. The smallest absolute Gasteiger partial charge is 0.122 e. The Kier molecular flexibility index (Phi) is 4.29. The number of benzene rings is 1. The Balaban J connectivity index is 1.88. The molecule has 0 aromatic heterocycles. The Morgan fingerprint density at radius 2 is 2.06 bits per heavy atom. The fourth-order valence-electron chi connectivity index (χ4n) is 1.54. The molecule has 0 saturated carbocycles. The van der Waals surface area contributed by atoms with E-state index < -0.39 is 0 Å². The van der Waals surface area contributed by atoms with Gasteiger partial charge < -0.3 is 14.8 Å². The van der Waals surface area contributed by atoms with Crippen LogP contribution in [0.25, 0.3) is 0 Å². The fourth-order valence-corrected chi connectivity index (χ4v) is 2.04. The van der Waals surface area contributed by atoms with Crippen LogP contribution in [0.15, 0.2) is 18.2 Å². The van der Waals surface area contributed by atoms with Gasteiger partial charge in [-0.3, -0.25) is 0 Å². The highest BCUT2D eigenvalue weighted by Gasteiger charge is 2.13. The van der Waals surface area contributed by atoms with Crippen molar-refractivity contribution in [3.05, 3.63) is 28.2 Å². The van der Waals surface area contributed by atoms with Gasteiger partial charge in [0.2, 0.25) is 0 Å². The van der Waals surface area contributed by atoms with E-state index in [-0.39, 0.29) is 6.04 Å². The zero-order chi connectivity index (χ0) is 11.4. The minimum absolute atomic E-state index is 0.228. The summed E-state index contributed by atoms with van der Waals surface area (Å²) in [5.74, 6) is 0.685. The molecule has 0 spiro atoms. The molecule has 5 heteroatoms. The van der Waals surface area contributed by atoms with E-state index in [0.717, 1.165) is 13.2 Å². The minimum atomic E-state index is 0.228. The summed E-state index contributed by atoms with van der Waals surface area (Å²) in [6.45, 7) is 2.86. The van der Waals surface area contributed by atoms with Crippen molar-refractivity contribution in [3.63, 3.8) is 0 Å². The second-order valence-electron chi connectivity index (χ2n) is 3.64. The highest BCUT2D eigenvalue weighted by molar-refractivity contribution is 6.34. The van der Waals surface area contributed by atoms with Gasteiger partial charge in [-0.2, -0.15) is 0 Å². The second-order valence-corrected chi connectivity index (χ2v) is 4.51. The number of morpholine rings is 1. The van der Waals surface area contributed by atoms with Gasteiger partial charge in [-0.25, -0.2) is 0 Å². The van der Waals surface area contributed by atoms with Gasteiger partial charge in [-0.05, 0) is 18.2 Å². The summed E-state index contributed by atoms with van der Waals surface area (Å²) < 4.78 is 10.9. The van der Waals surface area contributed by atoms with E-state index in [0.29, 0.717) is 29.0 Å². The lowest BCUT2D eigenvalue weighted by molar-refractivity contribution is 0.0593. The maximum absolute atomic E-state index is 5.87. The molecule has 0 amide bonds. The molecule has 88 valence electrons. The fraction of sp³-hybridized carbons (Fsp3) is 0.455. The Bertz CT molecular complexity index is 334. The molecule has 0 aliphatic carbocycles. The lowest BCUT2D eigenvalue weighted by atomic mass is 10.3. The Labute approximate surface area is 105 Å². The van der Waals surface area contributed by atoms with Gasteiger partial charge in [-0.1, -0.05) is 23.2 Å². The molecule has 1 saturated heterocycles. The third-order valence-corrected chi connectivity index (χ3v) is 2.72. The number of rotatable bonds is 3. The molecule has 0 bridgehead atoms. The van der Waals surface area contributed by atoms with Crippen LogP contribution in [0.4, 0.5) is 0 Å². The second kappa shape index (κ2) is 5.73. The lowest BCUT2D eigenvalue weighted by Crippen LogP contribution is -2.44. The van der Waals surface area contributed by atoms with Crippen LogP contribution in [0.3, 0.4) is 0 Å². The maximum atomic E-state index is 5.87. The average molecular weight is 262 g/mol. The van der Waals surface area contributed by atoms with Gasteiger partial charge in [0, 0.05) is 16.6 Å². The first kappa shape index (κ1) is 12.0. The molecular formula is C11H13Cl2NO2. The standard InChI is InChI=1S/C11H13Cl2NO2/c12-8-3-9(13)5-11(4-8)16-7-10-6-15-2-1-14-10/h3-5,10,14H,1-2,6-7H2. The van der Waals surface area contributed by atoms with E-state index in [1.54, 1.807) is 18.2 Å². The van der Waals surface area contributed by atoms with Crippen LogP contribution in [-0.2, 0) is 4.74 Å². The van der Waals surface area contributed by atoms with Crippen molar-refractivity contribution >= 4 is 23.2 Å². The molecule has 1 N–H and O–H groups in total. The van der Waals surface area contributed by atoms with Crippen LogP contribution in [0.5, 0.6) is 5.75 Å². The third-order valence-electron chi connectivity index (χ3n) is 2.29. The molecule has 1 aliphatic heterocycles. The SMILES string of the molecule is Clc1cc(Cl)cc(OCC2COCCN2)c1. The zero-order valence-corrected chi connectivity index (χ0v) is 10.2. The third kappa shape index (κ3) is 3.52. The van der Waals surface area contributed by atoms with Crippen LogP contribution < -0.4 is 10.1 Å². The molecule has 3 nitrogen and oxygen atoms in total. The molecule has 1 atom stereocenters. The highest BCUT2D eigenvalue weighted by atomic mass is 35.5. The number of halogens is 2. The topological polar surface area (TPSA) is 30.5 Å². The van der Waals surface area contributed by atoms with Gasteiger partial charge in [0.15, 0.2) is 0 Å². The molecule has 1 aromatic carbocycles. The summed E-state index contributed by atoms with van der Waals surface area (Å²) in [5.41, 5.74) is 0. The molecule has 1 heterocycles. The Morgan fingerprint density at radius 1 is 1.31 bits per heavy atom. The van der Waals surface area contributed by atoms with E-state index in [1.807, 2.05) is 0 Å². The van der Waals surface area contributed by atoms with Crippen molar-refractivity contribution in [1.82, 2.24) is 5.32 Å². The first-order valence-electron chi connectivity index (χ1n) is 5.14. The van der Waals surface area contributed by atoms with Crippen molar-refractivity contribution in [2.75, 3.05) is 26.4 Å². The van der Waals surface area contributed by atoms with Gasteiger partial charge >= 0.3 is 0 Å². The zero-order valence-electron chi connectivity index (χ0n) is 8.71. The summed E-state index contributed by atoms with van der Waals surface area (Å²) in [4.78, 5) is 0. The molecular weight excluding hydrogens is 249 g/mol. The summed E-state index contributed by atoms with van der Waals surface area (Å²) >= 11 is 11.7. The van der Waals surface area contributed by atoms with Crippen LogP contribution in [0.2, 0.25) is 10.0 Å². The highest BCUT2D eigenvalue weighted by Crippen LogP contribution is 2.24. The van der Waals surface area contributed by atoms with Crippen molar-refractivity contribution in [3.8, 4) is 5.75 Å². The summed E-state index contributed by atoms with van der Waals surface area (Å²) in [7, 11) is 0. The van der Waals surface area contributed by atoms with Gasteiger partial charge in [0.25, 0.3) is 0 Å². The van der Waals surface area contributed by atoms with Crippen LogP contribution >= 0.6 is 23.2 Å². The quantitative estimate of drug-likeness (QED) is 0.907. The molecule has 16 heavy (non-hydrogen) atoms. The largest absolute Gasteiger partial charge is 0.492 e. The van der Waals surface area contributed by atoms with E-state index in [2.05, 4.69) is 5.32 Å². The van der Waals surface area contributed by atoms with Gasteiger partial charge in [0.05, 0.1) is 19.3 Å². The Hall–Kier alpha value is -0.480. The minimum Gasteiger partial charge on any atom is -0.492 e. The Morgan fingerprint density at radius 3 is 2.69 bits per heavy atom. The van der Waals surface area contributed by atoms with Crippen LogP contribution in [-0.4, -0.2) is 32.4 Å². The normalized spacial score (nSPS) is 20.8. The van der Waals surface area contributed by atoms with Crippen molar-refractivity contribution in [1.29, 1.82) is 0 Å². The number of nitrogens with one attached hydrogen (secondary N) is 1. The number of ether oxygens (including phenoxy) is 2. The predicted molar refractivity (Wildman–Crippen MR) is 64.6 cm³/mol. The van der Waals surface area contributed by atoms with Crippen molar-refractivity contribution in [2.45, 2.75) is 6.04 Å². The molecule has 1 aromatic rings. The maximum Gasteiger partial charge on any atom is 0.122 e. The molecule has 0 radical (unpaired) electrons. The van der Waals surface area contributed by atoms with E-state index in [4.69, 9.17) is 32.7 Å². The number of hydrogen-bond donors (Lipinski definition) is 1. The van der Waals surface area contributed by atoms with Crippen LogP contribution in [0, 0.1) is 0 Å². The molecule has 1 aliphatic rings. The van der Waals surface area contributed by atoms with Crippen LogP contribution in [0.1, 0.15) is 0 Å². The van der Waals surface area contributed by atoms with E-state index in [9.17, 15) is 0 Å². The van der Waals surface area contributed by atoms with Gasteiger partial charge in [-0.15, -0.1) is 0 Å². The van der Waals surface area contributed by atoms with Crippen molar-refractivity contribution in [2.24, 2.45) is 0 Å². The monoisotopic (exact) mass is 261 g/mol. The summed E-state index contributed by atoms with van der Waals surface area (Å²) in [6.07, 6.45) is 0. The summed E-state index contributed by atoms with van der Waals surface area (Å²) in [5, 5.41) is 4.46. The summed E-state index contributed by atoms with van der Waals surface area (Å²) in [6, 6.07) is 5.40. The lowest BCUT2D eigenvalue weighted by Gasteiger charge is -2.23. The molecule has 2 rings (SSSR count).